The molecular weight excluding hydrogens is 112 g/mol. The van der Waals surface area contributed by atoms with Crippen molar-refractivity contribution >= 4 is 5.78 Å². The third-order valence-corrected chi connectivity index (χ3v) is 2.16. The number of rotatable bonds is 1. The largest absolute Gasteiger partial charge is 0.299 e. The quantitative estimate of drug-likeness (QED) is 0.525. The lowest BCUT2D eigenvalue weighted by atomic mass is 9.94. The molecule has 0 radical (unpaired) electrons. The Morgan fingerprint density at radius 3 is 2.44 bits per heavy atom. The van der Waals surface area contributed by atoms with E-state index in [9.17, 15) is 4.79 Å². The molecule has 0 unspecified atom stereocenters. The summed E-state index contributed by atoms with van der Waals surface area (Å²) in [7, 11) is 0. The Morgan fingerprint density at radius 2 is 2.22 bits per heavy atom. The molecule has 1 heteroatoms. The van der Waals surface area contributed by atoms with Crippen molar-refractivity contribution in [2.24, 2.45) is 11.8 Å². The first-order valence-corrected chi connectivity index (χ1v) is 3.74. The first-order chi connectivity index (χ1) is 4.22. The fourth-order valence-corrected chi connectivity index (χ4v) is 1.55. The SMILES string of the molecule is CC(C)[C@@H]1CCCC1=O. The summed E-state index contributed by atoms with van der Waals surface area (Å²) in [6.45, 7) is 4.27. The highest BCUT2D eigenvalue weighted by Gasteiger charge is 2.26. The van der Waals surface area contributed by atoms with Crippen LogP contribution in [0.1, 0.15) is 33.1 Å². The molecule has 1 aliphatic rings. The highest BCUT2D eigenvalue weighted by Crippen LogP contribution is 2.27. The molecule has 0 saturated heterocycles. The maximum Gasteiger partial charge on any atom is 0.136 e. The summed E-state index contributed by atoms with van der Waals surface area (Å²) in [6.07, 6.45) is 3.10. The standard InChI is InChI=1S/C8H14O/c1-6(2)7-4-3-5-8(7)9/h6-7H,3-5H2,1-2H3/t7-/m0/s1. The normalized spacial score (nSPS) is 27.9. The topological polar surface area (TPSA) is 17.1 Å². The van der Waals surface area contributed by atoms with Crippen molar-refractivity contribution in [3.63, 3.8) is 0 Å². The first-order valence-electron chi connectivity index (χ1n) is 3.74. The zero-order valence-corrected chi connectivity index (χ0v) is 6.18. The van der Waals surface area contributed by atoms with Crippen molar-refractivity contribution in [1.82, 2.24) is 0 Å². The minimum atomic E-state index is 0.394. The summed E-state index contributed by atoms with van der Waals surface area (Å²) in [5, 5.41) is 0. The molecule has 52 valence electrons. The molecule has 0 amide bonds. The summed E-state index contributed by atoms with van der Waals surface area (Å²) in [5.74, 6) is 1.45. The summed E-state index contributed by atoms with van der Waals surface area (Å²) in [6, 6.07) is 0. The van der Waals surface area contributed by atoms with Crippen LogP contribution < -0.4 is 0 Å². The molecule has 0 aromatic carbocycles. The molecule has 1 nitrogen and oxygen atoms in total. The number of ketones is 1. The highest BCUT2D eigenvalue weighted by molar-refractivity contribution is 5.82. The second kappa shape index (κ2) is 2.51. The molecule has 0 aliphatic heterocycles. The molecule has 9 heavy (non-hydrogen) atoms. The van der Waals surface area contributed by atoms with E-state index in [1.54, 1.807) is 0 Å². The van der Waals surface area contributed by atoms with Crippen LogP contribution in [0.25, 0.3) is 0 Å². The van der Waals surface area contributed by atoms with Gasteiger partial charge in [-0.15, -0.1) is 0 Å². The van der Waals surface area contributed by atoms with Crippen LogP contribution in [0.2, 0.25) is 0 Å². The molecule has 1 saturated carbocycles. The van der Waals surface area contributed by atoms with Gasteiger partial charge in [0.2, 0.25) is 0 Å². The molecule has 0 bridgehead atoms. The van der Waals surface area contributed by atoms with Gasteiger partial charge in [0, 0.05) is 12.3 Å². The van der Waals surface area contributed by atoms with E-state index in [4.69, 9.17) is 0 Å². The van der Waals surface area contributed by atoms with Crippen LogP contribution in [-0.4, -0.2) is 5.78 Å². The Balaban J connectivity index is 2.49. The fourth-order valence-electron chi connectivity index (χ4n) is 1.55. The predicted octanol–water partition coefficient (Wildman–Crippen LogP) is 2.01. The van der Waals surface area contributed by atoms with Crippen molar-refractivity contribution in [2.45, 2.75) is 33.1 Å². The van der Waals surface area contributed by atoms with Crippen LogP contribution in [0.5, 0.6) is 0 Å². The molecule has 1 rings (SSSR count). The summed E-state index contributed by atoms with van der Waals surface area (Å²) >= 11 is 0. The smallest absolute Gasteiger partial charge is 0.136 e. The number of Topliss-reactive ketones (excluding diaryl/α,β-unsaturated/α-hetero) is 1. The molecule has 1 fully saturated rings. The van der Waals surface area contributed by atoms with Gasteiger partial charge in [-0.3, -0.25) is 4.79 Å². The van der Waals surface area contributed by atoms with Gasteiger partial charge in [0.1, 0.15) is 5.78 Å². The zero-order valence-electron chi connectivity index (χ0n) is 6.18. The van der Waals surface area contributed by atoms with Gasteiger partial charge in [0.15, 0.2) is 0 Å². The lowest BCUT2D eigenvalue weighted by Crippen LogP contribution is -2.12. The number of carbonyl (C=O) groups excluding carboxylic acids is 1. The molecular formula is C8H14O. The van der Waals surface area contributed by atoms with E-state index in [1.165, 1.54) is 0 Å². The van der Waals surface area contributed by atoms with Gasteiger partial charge >= 0.3 is 0 Å². The van der Waals surface area contributed by atoms with Crippen LogP contribution in [0.4, 0.5) is 0 Å². The Bertz CT molecular complexity index is 116. The number of hydrogen-bond donors (Lipinski definition) is 0. The highest BCUT2D eigenvalue weighted by atomic mass is 16.1. The predicted molar refractivity (Wildman–Crippen MR) is 37.2 cm³/mol. The van der Waals surface area contributed by atoms with Crippen molar-refractivity contribution < 1.29 is 4.79 Å². The van der Waals surface area contributed by atoms with Gasteiger partial charge in [0.25, 0.3) is 0 Å². The summed E-state index contributed by atoms with van der Waals surface area (Å²) in [4.78, 5) is 11.0. The monoisotopic (exact) mass is 126 g/mol. The van der Waals surface area contributed by atoms with Gasteiger partial charge in [-0.1, -0.05) is 13.8 Å². The maximum atomic E-state index is 11.0. The first kappa shape index (κ1) is 6.79. The van der Waals surface area contributed by atoms with Crippen molar-refractivity contribution in [1.29, 1.82) is 0 Å². The Morgan fingerprint density at radius 1 is 1.56 bits per heavy atom. The summed E-state index contributed by atoms with van der Waals surface area (Å²) < 4.78 is 0. The van der Waals surface area contributed by atoms with Gasteiger partial charge in [-0.25, -0.2) is 0 Å². The van der Waals surface area contributed by atoms with E-state index in [-0.39, 0.29) is 0 Å². The van der Waals surface area contributed by atoms with Gasteiger partial charge in [-0.05, 0) is 18.8 Å². The molecule has 0 N–H and O–H groups in total. The average Bonchev–Trinajstić information content (AvgIpc) is 2.13. The minimum Gasteiger partial charge on any atom is -0.299 e. The molecule has 0 heterocycles. The van der Waals surface area contributed by atoms with Gasteiger partial charge < -0.3 is 0 Å². The second-order valence-electron chi connectivity index (χ2n) is 3.21. The third kappa shape index (κ3) is 1.32. The van der Waals surface area contributed by atoms with E-state index < -0.39 is 0 Å². The number of hydrogen-bond acceptors (Lipinski definition) is 1. The molecule has 0 aromatic heterocycles. The molecule has 1 atom stereocenters. The van der Waals surface area contributed by atoms with E-state index in [1.807, 2.05) is 0 Å². The van der Waals surface area contributed by atoms with E-state index in [0.29, 0.717) is 17.6 Å². The fraction of sp³-hybridized carbons (Fsp3) is 0.875. The molecule has 0 aromatic rings. The molecule has 0 spiro atoms. The van der Waals surface area contributed by atoms with Crippen molar-refractivity contribution in [3.8, 4) is 0 Å². The Labute approximate surface area is 56.4 Å². The minimum absolute atomic E-state index is 0.394. The van der Waals surface area contributed by atoms with Crippen LogP contribution in [0.15, 0.2) is 0 Å². The van der Waals surface area contributed by atoms with Crippen LogP contribution >= 0.6 is 0 Å². The van der Waals surface area contributed by atoms with Crippen molar-refractivity contribution in [2.75, 3.05) is 0 Å². The summed E-state index contributed by atoms with van der Waals surface area (Å²) in [5.41, 5.74) is 0. The zero-order chi connectivity index (χ0) is 6.85. The van der Waals surface area contributed by atoms with Gasteiger partial charge in [-0.2, -0.15) is 0 Å². The lowest BCUT2D eigenvalue weighted by molar-refractivity contribution is -0.121. The van der Waals surface area contributed by atoms with Gasteiger partial charge in [0.05, 0.1) is 0 Å². The maximum absolute atomic E-state index is 11.0. The Hall–Kier alpha value is -0.330. The van der Waals surface area contributed by atoms with E-state index >= 15 is 0 Å². The lowest BCUT2D eigenvalue weighted by Gasteiger charge is -2.10. The second-order valence-corrected chi connectivity index (χ2v) is 3.21. The Kier molecular flexibility index (Phi) is 1.89. The van der Waals surface area contributed by atoms with E-state index in [0.717, 1.165) is 19.3 Å². The molecule has 1 aliphatic carbocycles. The third-order valence-electron chi connectivity index (χ3n) is 2.16. The van der Waals surface area contributed by atoms with Crippen LogP contribution in [-0.2, 0) is 4.79 Å². The number of carbonyl (C=O) groups is 1. The van der Waals surface area contributed by atoms with Crippen LogP contribution in [0, 0.1) is 11.8 Å². The van der Waals surface area contributed by atoms with Crippen molar-refractivity contribution in [3.05, 3.63) is 0 Å². The van der Waals surface area contributed by atoms with E-state index in [2.05, 4.69) is 13.8 Å². The average molecular weight is 126 g/mol. The van der Waals surface area contributed by atoms with Crippen LogP contribution in [0.3, 0.4) is 0 Å².